The molecule has 3 N–H and O–H groups in total. The van der Waals surface area contributed by atoms with E-state index in [1.54, 1.807) is 0 Å². The van der Waals surface area contributed by atoms with E-state index >= 15 is 0 Å². The molecule has 0 unspecified atom stereocenters. The van der Waals surface area contributed by atoms with Crippen molar-refractivity contribution in [2.75, 3.05) is 26.2 Å². The Labute approximate surface area is 109 Å². The Morgan fingerprint density at radius 3 is 2.24 bits per heavy atom. The predicted octanol–water partition coefficient (Wildman–Crippen LogP) is 0.276. The summed E-state index contributed by atoms with van der Waals surface area (Å²) in [5, 5.41) is 2.61. The molecule has 0 aromatic carbocycles. The Balaban J connectivity index is 0.00000256. The first-order chi connectivity index (χ1) is 7.74. The molecule has 0 aliphatic carbocycles. The molecule has 17 heavy (non-hydrogen) atoms. The van der Waals surface area contributed by atoms with E-state index in [4.69, 9.17) is 5.73 Å². The quantitative estimate of drug-likeness (QED) is 0.765. The minimum absolute atomic E-state index is 0. The molecule has 0 aromatic rings. The predicted molar refractivity (Wildman–Crippen MR) is 69.0 cm³/mol. The summed E-state index contributed by atoms with van der Waals surface area (Å²) in [5.41, 5.74) is 5.14. The minimum Gasteiger partial charge on any atom is -0.354 e. The second-order valence-electron chi connectivity index (χ2n) is 4.10. The molecule has 1 heterocycles. The van der Waals surface area contributed by atoms with E-state index in [0.29, 0.717) is 13.0 Å². The number of likely N-dealkylation sites (tertiary alicyclic amines) is 1. The average molecular weight is 264 g/mol. The molecule has 0 bridgehead atoms. The lowest BCUT2D eigenvalue weighted by Crippen LogP contribution is -2.36. The first kappa shape index (κ1) is 16.2. The summed E-state index contributed by atoms with van der Waals surface area (Å²) in [6.07, 6.45) is 5.01. The maximum Gasteiger partial charge on any atom is 0.233 e. The van der Waals surface area contributed by atoms with Crippen LogP contribution in [0.4, 0.5) is 0 Å². The number of amides is 2. The zero-order valence-corrected chi connectivity index (χ0v) is 10.9. The lowest BCUT2D eigenvalue weighted by atomic mass is 10.2. The molecule has 0 spiro atoms. The molecule has 1 aliphatic heterocycles. The molecule has 2 amide bonds. The van der Waals surface area contributed by atoms with E-state index in [1.807, 2.05) is 4.90 Å². The Morgan fingerprint density at radius 1 is 1.12 bits per heavy atom. The second kappa shape index (κ2) is 9.24. The molecule has 5 nitrogen and oxygen atoms in total. The maximum absolute atomic E-state index is 11.8. The van der Waals surface area contributed by atoms with Crippen molar-refractivity contribution < 1.29 is 9.59 Å². The van der Waals surface area contributed by atoms with Crippen molar-refractivity contribution in [2.24, 2.45) is 5.73 Å². The number of nitrogens with one attached hydrogen (secondary N) is 1. The van der Waals surface area contributed by atoms with Gasteiger partial charge in [-0.1, -0.05) is 12.8 Å². The third kappa shape index (κ3) is 6.48. The molecule has 100 valence electrons. The summed E-state index contributed by atoms with van der Waals surface area (Å²) in [5.74, 6) is -0.0668. The van der Waals surface area contributed by atoms with E-state index < -0.39 is 0 Å². The van der Waals surface area contributed by atoms with Gasteiger partial charge in [-0.3, -0.25) is 9.59 Å². The van der Waals surface area contributed by atoms with Gasteiger partial charge in [0, 0.05) is 26.1 Å². The van der Waals surface area contributed by atoms with Crippen molar-refractivity contribution in [3.05, 3.63) is 0 Å². The van der Waals surface area contributed by atoms with Crippen LogP contribution in [0.15, 0.2) is 0 Å². The number of hydrogen-bond donors (Lipinski definition) is 2. The van der Waals surface area contributed by atoms with Gasteiger partial charge in [0.1, 0.15) is 0 Å². The zero-order valence-electron chi connectivity index (χ0n) is 10.1. The lowest BCUT2D eigenvalue weighted by molar-refractivity contribution is -0.131. The fourth-order valence-electron chi connectivity index (χ4n) is 1.86. The number of carbonyl (C=O) groups excluding carboxylic acids is 2. The highest BCUT2D eigenvalue weighted by atomic mass is 35.5. The summed E-state index contributed by atoms with van der Waals surface area (Å²) in [7, 11) is 0. The van der Waals surface area contributed by atoms with E-state index in [1.165, 1.54) is 12.8 Å². The standard InChI is InChI=1S/C11H21N3O2.ClH/c12-9-10(15)13-6-5-11(16)14-7-3-1-2-4-8-14;/h1-9,12H2,(H,13,15);1H. The van der Waals surface area contributed by atoms with Crippen LogP contribution < -0.4 is 11.1 Å². The molecule has 1 fully saturated rings. The number of rotatable bonds is 4. The smallest absolute Gasteiger partial charge is 0.233 e. The number of nitrogens with zero attached hydrogens (tertiary/aromatic N) is 1. The van der Waals surface area contributed by atoms with Crippen molar-refractivity contribution >= 4 is 24.2 Å². The maximum atomic E-state index is 11.8. The minimum atomic E-state index is -0.205. The number of nitrogens with two attached hydrogens (primary N) is 1. The van der Waals surface area contributed by atoms with Gasteiger partial charge in [0.15, 0.2) is 0 Å². The van der Waals surface area contributed by atoms with Gasteiger partial charge >= 0.3 is 0 Å². The monoisotopic (exact) mass is 263 g/mol. The molecule has 6 heteroatoms. The van der Waals surface area contributed by atoms with Gasteiger partial charge in [0.05, 0.1) is 6.54 Å². The molecule has 0 atom stereocenters. The van der Waals surface area contributed by atoms with Gasteiger partial charge in [0.25, 0.3) is 0 Å². The van der Waals surface area contributed by atoms with Crippen molar-refractivity contribution in [2.45, 2.75) is 32.1 Å². The van der Waals surface area contributed by atoms with Gasteiger partial charge in [-0.25, -0.2) is 0 Å². The Morgan fingerprint density at radius 2 is 1.71 bits per heavy atom. The molecular formula is C11H22ClN3O2. The third-order valence-corrected chi connectivity index (χ3v) is 2.81. The average Bonchev–Trinajstić information content (AvgIpc) is 2.57. The van der Waals surface area contributed by atoms with Crippen LogP contribution in [0.2, 0.25) is 0 Å². The van der Waals surface area contributed by atoms with Crippen LogP contribution in [0.1, 0.15) is 32.1 Å². The van der Waals surface area contributed by atoms with Crippen LogP contribution in [0.3, 0.4) is 0 Å². The lowest BCUT2D eigenvalue weighted by Gasteiger charge is -2.20. The SMILES string of the molecule is Cl.NCC(=O)NCCC(=O)N1CCCCCC1. The van der Waals surface area contributed by atoms with Crippen LogP contribution in [0, 0.1) is 0 Å². The van der Waals surface area contributed by atoms with E-state index in [2.05, 4.69) is 5.32 Å². The normalized spacial score (nSPS) is 15.7. The number of hydrogen-bond acceptors (Lipinski definition) is 3. The zero-order chi connectivity index (χ0) is 11.8. The summed E-state index contributed by atoms with van der Waals surface area (Å²) >= 11 is 0. The second-order valence-corrected chi connectivity index (χ2v) is 4.10. The van der Waals surface area contributed by atoms with Crippen LogP contribution in [-0.4, -0.2) is 42.9 Å². The highest BCUT2D eigenvalue weighted by Gasteiger charge is 2.14. The Kier molecular flexibility index (Phi) is 8.80. The van der Waals surface area contributed by atoms with Crippen molar-refractivity contribution in [3.8, 4) is 0 Å². The van der Waals surface area contributed by atoms with Gasteiger partial charge in [0.2, 0.25) is 11.8 Å². The van der Waals surface area contributed by atoms with Crippen LogP contribution in [0.25, 0.3) is 0 Å². The summed E-state index contributed by atoms with van der Waals surface area (Å²) in [6.45, 7) is 2.11. The van der Waals surface area contributed by atoms with Crippen LogP contribution in [-0.2, 0) is 9.59 Å². The van der Waals surface area contributed by atoms with E-state index in [-0.39, 0.29) is 30.8 Å². The molecule has 0 radical (unpaired) electrons. The molecule has 0 aromatic heterocycles. The van der Waals surface area contributed by atoms with Crippen molar-refractivity contribution in [1.29, 1.82) is 0 Å². The fourth-order valence-corrected chi connectivity index (χ4v) is 1.86. The highest BCUT2D eigenvalue weighted by Crippen LogP contribution is 2.10. The fraction of sp³-hybridized carbons (Fsp3) is 0.818. The van der Waals surface area contributed by atoms with E-state index in [9.17, 15) is 9.59 Å². The van der Waals surface area contributed by atoms with Crippen molar-refractivity contribution in [3.63, 3.8) is 0 Å². The van der Waals surface area contributed by atoms with Gasteiger partial charge in [-0.05, 0) is 12.8 Å². The van der Waals surface area contributed by atoms with Gasteiger partial charge in [-0.2, -0.15) is 0 Å². The van der Waals surface area contributed by atoms with Crippen molar-refractivity contribution in [1.82, 2.24) is 10.2 Å². The number of carbonyl (C=O) groups is 2. The molecule has 1 aliphatic rings. The summed E-state index contributed by atoms with van der Waals surface area (Å²) in [6, 6.07) is 0. The Hall–Kier alpha value is -0.810. The molecular weight excluding hydrogens is 242 g/mol. The van der Waals surface area contributed by atoms with Gasteiger partial charge < -0.3 is 16.0 Å². The molecule has 1 saturated heterocycles. The molecule has 1 rings (SSSR count). The summed E-state index contributed by atoms with van der Waals surface area (Å²) in [4.78, 5) is 24.5. The number of halogens is 1. The largest absolute Gasteiger partial charge is 0.354 e. The van der Waals surface area contributed by atoms with Crippen LogP contribution >= 0.6 is 12.4 Å². The first-order valence-corrected chi connectivity index (χ1v) is 5.98. The topological polar surface area (TPSA) is 75.4 Å². The third-order valence-electron chi connectivity index (χ3n) is 2.81. The Bertz CT molecular complexity index is 241. The van der Waals surface area contributed by atoms with Crippen LogP contribution in [0.5, 0.6) is 0 Å². The molecule has 0 saturated carbocycles. The summed E-state index contributed by atoms with van der Waals surface area (Å²) < 4.78 is 0. The first-order valence-electron chi connectivity index (χ1n) is 5.98. The highest BCUT2D eigenvalue weighted by molar-refractivity contribution is 5.85. The van der Waals surface area contributed by atoms with Gasteiger partial charge in [-0.15, -0.1) is 12.4 Å². The van der Waals surface area contributed by atoms with E-state index in [0.717, 1.165) is 25.9 Å².